The maximum atomic E-state index is 10.5. The van der Waals surface area contributed by atoms with Crippen molar-refractivity contribution in [3.05, 3.63) is 16.1 Å². The van der Waals surface area contributed by atoms with Crippen LogP contribution in [0.4, 0.5) is 0 Å². The smallest absolute Gasteiger partial charge is 0.355 e. The molecule has 0 amide bonds. The average Bonchev–Trinajstić information content (AvgIpc) is 2.61. The molecule has 0 radical (unpaired) electrons. The zero-order valence-electron chi connectivity index (χ0n) is 8.32. The fourth-order valence-corrected chi connectivity index (χ4v) is 2.04. The van der Waals surface area contributed by atoms with Crippen molar-refractivity contribution in [2.24, 2.45) is 0 Å². The molecule has 4 heteroatoms. The molecule has 0 spiro atoms. The summed E-state index contributed by atoms with van der Waals surface area (Å²) in [6, 6.07) is 0. The summed E-state index contributed by atoms with van der Waals surface area (Å²) in [6.07, 6.45) is 5.70. The van der Waals surface area contributed by atoms with Crippen molar-refractivity contribution in [3.8, 4) is 0 Å². The standard InChI is InChI=1S/C10H15NO2S/c1-2-3-4-5-6-9-11-8(7-14-9)10(12)13/h7H,2-6H2,1H3,(H,12,13). The molecule has 0 fully saturated rings. The van der Waals surface area contributed by atoms with Crippen LogP contribution in [0.3, 0.4) is 0 Å². The number of carbonyl (C=O) groups is 1. The van der Waals surface area contributed by atoms with E-state index in [1.165, 1.54) is 30.6 Å². The predicted molar refractivity (Wildman–Crippen MR) is 56.9 cm³/mol. The highest BCUT2D eigenvalue weighted by Crippen LogP contribution is 2.13. The Morgan fingerprint density at radius 2 is 2.29 bits per heavy atom. The van der Waals surface area contributed by atoms with Gasteiger partial charge >= 0.3 is 5.97 Å². The predicted octanol–water partition coefficient (Wildman–Crippen LogP) is 2.96. The van der Waals surface area contributed by atoms with Crippen molar-refractivity contribution in [2.75, 3.05) is 0 Å². The zero-order valence-corrected chi connectivity index (χ0v) is 9.14. The summed E-state index contributed by atoms with van der Waals surface area (Å²) in [5.74, 6) is -0.930. The number of unbranched alkanes of at least 4 members (excludes halogenated alkanes) is 3. The molecule has 0 saturated heterocycles. The van der Waals surface area contributed by atoms with Crippen molar-refractivity contribution < 1.29 is 9.90 Å². The number of carboxylic acids is 1. The lowest BCUT2D eigenvalue weighted by Crippen LogP contribution is -1.96. The largest absolute Gasteiger partial charge is 0.476 e. The minimum absolute atomic E-state index is 0.181. The van der Waals surface area contributed by atoms with Crippen LogP contribution in [0.2, 0.25) is 0 Å². The lowest BCUT2D eigenvalue weighted by Gasteiger charge is -1.95. The summed E-state index contributed by atoms with van der Waals surface area (Å²) < 4.78 is 0. The first-order valence-electron chi connectivity index (χ1n) is 4.91. The maximum Gasteiger partial charge on any atom is 0.355 e. The Bertz CT molecular complexity index is 296. The summed E-state index contributed by atoms with van der Waals surface area (Å²) in [4.78, 5) is 14.6. The van der Waals surface area contributed by atoms with Gasteiger partial charge in [0.05, 0.1) is 5.01 Å². The van der Waals surface area contributed by atoms with Crippen LogP contribution in [0.5, 0.6) is 0 Å². The monoisotopic (exact) mass is 213 g/mol. The van der Waals surface area contributed by atoms with Gasteiger partial charge in [0.15, 0.2) is 5.69 Å². The van der Waals surface area contributed by atoms with Crippen molar-refractivity contribution in [2.45, 2.75) is 39.0 Å². The molecule has 0 atom stereocenters. The Labute approximate surface area is 87.8 Å². The van der Waals surface area contributed by atoms with Gasteiger partial charge in [-0.05, 0) is 12.8 Å². The maximum absolute atomic E-state index is 10.5. The normalized spacial score (nSPS) is 10.4. The van der Waals surface area contributed by atoms with Crippen molar-refractivity contribution in [1.82, 2.24) is 4.98 Å². The Kier molecular flexibility index (Phi) is 4.59. The molecule has 1 heterocycles. The fourth-order valence-electron chi connectivity index (χ4n) is 1.23. The van der Waals surface area contributed by atoms with Gasteiger partial charge in [-0.15, -0.1) is 11.3 Å². The first kappa shape index (κ1) is 11.2. The van der Waals surface area contributed by atoms with E-state index in [4.69, 9.17) is 5.11 Å². The number of aryl methyl sites for hydroxylation is 1. The third-order valence-electron chi connectivity index (χ3n) is 2.02. The molecule has 0 aliphatic rings. The molecule has 0 aliphatic heterocycles. The van der Waals surface area contributed by atoms with E-state index in [-0.39, 0.29) is 5.69 Å². The lowest BCUT2D eigenvalue weighted by atomic mass is 10.2. The molecule has 1 aromatic rings. The van der Waals surface area contributed by atoms with Gasteiger partial charge < -0.3 is 5.11 Å². The number of hydrogen-bond donors (Lipinski definition) is 1. The third kappa shape index (κ3) is 3.46. The molecule has 1 rings (SSSR count). The third-order valence-corrected chi connectivity index (χ3v) is 2.92. The summed E-state index contributed by atoms with van der Waals surface area (Å²) in [7, 11) is 0. The summed E-state index contributed by atoms with van der Waals surface area (Å²) in [5, 5.41) is 11.2. The number of aromatic carboxylic acids is 1. The first-order chi connectivity index (χ1) is 6.74. The summed E-state index contributed by atoms with van der Waals surface area (Å²) in [5.41, 5.74) is 0.181. The van der Waals surface area contributed by atoms with E-state index in [9.17, 15) is 4.79 Å². The number of aromatic nitrogens is 1. The molecule has 0 saturated carbocycles. The van der Waals surface area contributed by atoms with E-state index < -0.39 is 5.97 Å². The Balaban J connectivity index is 2.33. The quantitative estimate of drug-likeness (QED) is 0.739. The molecule has 1 N–H and O–H groups in total. The molecule has 1 aromatic heterocycles. The molecule has 0 unspecified atom stereocenters. The average molecular weight is 213 g/mol. The minimum atomic E-state index is -0.930. The van der Waals surface area contributed by atoms with Crippen molar-refractivity contribution >= 4 is 17.3 Å². The van der Waals surface area contributed by atoms with E-state index in [1.807, 2.05) is 0 Å². The van der Waals surface area contributed by atoms with Gasteiger partial charge in [-0.2, -0.15) is 0 Å². The molecule has 3 nitrogen and oxygen atoms in total. The fraction of sp³-hybridized carbons (Fsp3) is 0.600. The molecular weight excluding hydrogens is 198 g/mol. The van der Waals surface area contributed by atoms with E-state index in [0.29, 0.717) is 0 Å². The SMILES string of the molecule is CCCCCCc1nc(C(=O)O)cs1. The summed E-state index contributed by atoms with van der Waals surface area (Å²) >= 11 is 1.44. The van der Waals surface area contributed by atoms with Gasteiger partial charge in [0.1, 0.15) is 0 Å². The van der Waals surface area contributed by atoms with E-state index in [2.05, 4.69) is 11.9 Å². The molecule has 0 bridgehead atoms. The lowest BCUT2D eigenvalue weighted by molar-refractivity contribution is 0.0691. The van der Waals surface area contributed by atoms with Crippen LogP contribution in [0.1, 0.15) is 48.1 Å². The Morgan fingerprint density at radius 1 is 1.50 bits per heavy atom. The molecule has 0 aromatic carbocycles. The van der Waals surface area contributed by atoms with Gasteiger partial charge in [0.2, 0.25) is 0 Å². The van der Waals surface area contributed by atoms with Gasteiger partial charge in [-0.1, -0.05) is 26.2 Å². The second-order valence-electron chi connectivity index (χ2n) is 3.24. The molecule has 14 heavy (non-hydrogen) atoms. The number of rotatable bonds is 6. The highest BCUT2D eigenvalue weighted by atomic mass is 32.1. The first-order valence-corrected chi connectivity index (χ1v) is 5.79. The van der Waals surface area contributed by atoms with Crippen LogP contribution in [0.15, 0.2) is 5.38 Å². The van der Waals surface area contributed by atoms with Gasteiger partial charge in [-0.3, -0.25) is 0 Å². The molecule has 78 valence electrons. The number of thiazole rings is 1. The van der Waals surface area contributed by atoms with Crippen LogP contribution >= 0.6 is 11.3 Å². The number of carboxylic acid groups (broad SMARTS) is 1. The van der Waals surface area contributed by atoms with Crippen LogP contribution in [0.25, 0.3) is 0 Å². The van der Waals surface area contributed by atoms with Crippen molar-refractivity contribution in [1.29, 1.82) is 0 Å². The van der Waals surface area contributed by atoms with Crippen LogP contribution < -0.4 is 0 Å². The summed E-state index contributed by atoms with van der Waals surface area (Å²) in [6.45, 7) is 2.17. The van der Waals surface area contributed by atoms with Crippen LogP contribution in [0, 0.1) is 0 Å². The van der Waals surface area contributed by atoms with E-state index >= 15 is 0 Å². The Hall–Kier alpha value is -0.900. The van der Waals surface area contributed by atoms with Crippen LogP contribution in [-0.2, 0) is 6.42 Å². The van der Waals surface area contributed by atoms with E-state index in [0.717, 1.165) is 17.8 Å². The number of nitrogens with zero attached hydrogens (tertiary/aromatic N) is 1. The second-order valence-corrected chi connectivity index (χ2v) is 4.18. The van der Waals surface area contributed by atoms with Gasteiger partial charge in [0.25, 0.3) is 0 Å². The van der Waals surface area contributed by atoms with Crippen LogP contribution in [-0.4, -0.2) is 16.1 Å². The van der Waals surface area contributed by atoms with Gasteiger partial charge in [0, 0.05) is 5.38 Å². The highest BCUT2D eigenvalue weighted by molar-refractivity contribution is 7.09. The molecule has 0 aliphatic carbocycles. The molecular formula is C10H15NO2S. The topological polar surface area (TPSA) is 50.2 Å². The Morgan fingerprint density at radius 3 is 2.86 bits per heavy atom. The minimum Gasteiger partial charge on any atom is -0.476 e. The van der Waals surface area contributed by atoms with E-state index in [1.54, 1.807) is 5.38 Å². The highest BCUT2D eigenvalue weighted by Gasteiger charge is 2.07. The van der Waals surface area contributed by atoms with Gasteiger partial charge in [-0.25, -0.2) is 9.78 Å². The second kappa shape index (κ2) is 5.75. The zero-order chi connectivity index (χ0) is 10.4. The van der Waals surface area contributed by atoms with Crippen molar-refractivity contribution in [3.63, 3.8) is 0 Å². The number of hydrogen-bond acceptors (Lipinski definition) is 3.